The smallest absolute Gasteiger partial charge is 0.418 e. The van der Waals surface area contributed by atoms with Crippen molar-refractivity contribution in [2.45, 2.75) is 38.9 Å². The molecule has 0 N–H and O–H groups in total. The van der Waals surface area contributed by atoms with Crippen molar-refractivity contribution in [2.75, 3.05) is 11.5 Å². The summed E-state index contributed by atoms with van der Waals surface area (Å²) in [6.07, 6.45) is -1.49. The standard InChI is InChI=1S/C27H25F3N2O2S/c1-2-3-7-16-34-21-13-8-12-20(17-21)25(33)32(18-19-10-5-4-6-11-19)26-31-24-22(27(28,29)30)14-9-15-23(24)35-26/h4-6,8-15,17H,2-3,7,16,18H2,1H3. The number of fused-ring (bicyclic) bond motifs is 1. The Hall–Kier alpha value is -3.39. The molecule has 182 valence electrons. The van der Waals surface area contributed by atoms with Crippen molar-refractivity contribution in [2.24, 2.45) is 0 Å². The highest BCUT2D eigenvalue weighted by molar-refractivity contribution is 7.22. The average molecular weight is 499 g/mol. The first-order chi connectivity index (χ1) is 16.9. The summed E-state index contributed by atoms with van der Waals surface area (Å²) in [6, 6.07) is 20.1. The molecular formula is C27H25F3N2O2S. The average Bonchev–Trinajstić information content (AvgIpc) is 3.29. The van der Waals surface area contributed by atoms with Crippen LogP contribution in [0.3, 0.4) is 0 Å². The van der Waals surface area contributed by atoms with Crippen molar-refractivity contribution in [1.29, 1.82) is 0 Å². The minimum atomic E-state index is -4.54. The van der Waals surface area contributed by atoms with E-state index >= 15 is 0 Å². The lowest BCUT2D eigenvalue weighted by Gasteiger charge is -2.20. The zero-order valence-corrected chi connectivity index (χ0v) is 20.0. The van der Waals surface area contributed by atoms with Crippen LogP contribution in [0.2, 0.25) is 0 Å². The van der Waals surface area contributed by atoms with Crippen LogP contribution in [-0.2, 0) is 12.7 Å². The van der Waals surface area contributed by atoms with Crippen LogP contribution in [0.5, 0.6) is 5.75 Å². The molecule has 0 aliphatic carbocycles. The Balaban J connectivity index is 1.70. The number of thiazole rings is 1. The lowest BCUT2D eigenvalue weighted by Crippen LogP contribution is -2.30. The number of amides is 1. The summed E-state index contributed by atoms with van der Waals surface area (Å²) < 4.78 is 46.9. The van der Waals surface area contributed by atoms with Crippen molar-refractivity contribution in [3.8, 4) is 5.75 Å². The molecule has 0 fully saturated rings. The van der Waals surface area contributed by atoms with Gasteiger partial charge in [-0.25, -0.2) is 4.98 Å². The number of anilines is 1. The van der Waals surface area contributed by atoms with Gasteiger partial charge in [0.25, 0.3) is 5.91 Å². The van der Waals surface area contributed by atoms with Gasteiger partial charge in [-0.3, -0.25) is 9.69 Å². The summed E-state index contributed by atoms with van der Waals surface area (Å²) in [7, 11) is 0. The highest BCUT2D eigenvalue weighted by atomic mass is 32.1. The largest absolute Gasteiger partial charge is 0.494 e. The van der Waals surface area contributed by atoms with E-state index in [1.54, 1.807) is 30.3 Å². The zero-order valence-electron chi connectivity index (χ0n) is 19.2. The molecule has 1 aromatic heterocycles. The number of unbranched alkanes of at least 4 members (excludes halogenated alkanes) is 2. The maximum Gasteiger partial charge on any atom is 0.418 e. The van der Waals surface area contributed by atoms with Gasteiger partial charge in [-0.05, 0) is 42.3 Å². The van der Waals surface area contributed by atoms with Crippen LogP contribution < -0.4 is 9.64 Å². The number of hydrogen-bond donors (Lipinski definition) is 0. The number of carbonyl (C=O) groups is 1. The third-order valence-electron chi connectivity index (χ3n) is 5.47. The minimum Gasteiger partial charge on any atom is -0.494 e. The molecule has 3 aromatic carbocycles. The summed E-state index contributed by atoms with van der Waals surface area (Å²) in [6.45, 7) is 2.83. The number of alkyl halides is 3. The second-order valence-electron chi connectivity index (χ2n) is 8.11. The molecule has 0 aliphatic rings. The van der Waals surface area contributed by atoms with E-state index in [1.165, 1.54) is 11.0 Å². The lowest BCUT2D eigenvalue weighted by molar-refractivity contribution is -0.136. The van der Waals surface area contributed by atoms with Gasteiger partial charge in [-0.1, -0.05) is 73.6 Å². The third kappa shape index (κ3) is 6.00. The molecule has 4 nitrogen and oxygen atoms in total. The number of para-hydroxylation sites is 1. The van der Waals surface area contributed by atoms with Crippen LogP contribution >= 0.6 is 11.3 Å². The molecule has 0 aliphatic heterocycles. The number of halogens is 3. The Morgan fingerprint density at radius 3 is 2.51 bits per heavy atom. The molecule has 0 bridgehead atoms. The Labute approximate surface area is 206 Å². The maximum atomic E-state index is 13.7. The molecule has 0 spiro atoms. The molecule has 4 rings (SSSR count). The molecular weight excluding hydrogens is 473 g/mol. The molecule has 0 unspecified atom stereocenters. The number of ether oxygens (including phenoxy) is 1. The number of aromatic nitrogens is 1. The van der Waals surface area contributed by atoms with Crippen molar-refractivity contribution in [3.63, 3.8) is 0 Å². The Bertz CT molecular complexity index is 1290. The lowest BCUT2D eigenvalue weighted by atomic mass is 10.1. The molecule has 1 amide bonds. The van der Waals surface area contributed by atoms with Gasteiger partial charge in [0.05, 0.1) is 28.9 Å². The van der Waals surface area contributed by atoms with Crippen LogP contribution in [0.25, 0.3) is 10.2 Å². The maximum absolute atomic E-state index is 13.7. The van der Waals surface area contributed by atoms with Crippen molar-refractivity contribution >= 4 is 32.6 Å². The molecule has 0 atom stereocenters. The van der Waals surface area contributed by atoms with Crippen LogP contribution in [0, 0.1) is 0 Å². The minimum absolute atomic E-state index is 0.154. The summed E-state index contributed by atoms with van der Waals surface area (Å²) in [5.74, 6) is 0.218. The number of rotatable bonds is 9. The summed E-state index contributed by atoms with van der Waals surface area (Å²) >= 11 is 1.06. The molecule has 0 radical (unpaired) electrons. The number of hydrogen-bond acceptors (Lipinski definition) is 4. The van der Waals surface area contributed by atoms with E-state index in [0.717, 1.165) is 42.2 Å². The normalized spacial score (nSPS) is 11.5. The monoisotopic (exact) mass is 498 g/mol. The molecule has 1 heterocycles. The SMILES string of the molecule is CCCCCOc1cccc(C(=O)N(Cc2ccccc2)c2nc3c(C(F)(F)F)cccc3s2)c1. The zero-order chi connectivity index (χ0) is 24.8. The molecule has 35 heavy (non-hydrogen) atoms. The van der Waals surface area contributed by atoms with Crippen molar-refractivity contribution in [1.82, 2.24) is 4.98 Å². The molecule has 8 heteroatoms. The van der Waals surface area contributed by atoms with Crippen LogP contribution in [0.4, 0.5) is 18.3 Å². The van der Waals surface area contributed by atoms with Crippen LogP contribution in [0.15, 0.2) is 72.8 Å². The number of benzene rings is 3. The summed E-state index contributed by atoms with van der Waals surface area (Å²) in [5, 5.41) is 0.208. The van der Waals surface area contributed by atoms with Gasteiger partial charge in [0.15, 0.2) is 5.13 Å². The molecule has 0 saturated carbocycles. The van der Waals surface area contributed by atoms with Crippen molar-refractivity contribution in [3.05, 3.63) is 89.5 Å². The highest BCUT2D eigenvalue weighted by Crippen LogP contribution is 2.39. The van der Waals surface area contributed by atoms with E-state index in [2.05, 4.69) is 11.9 Å². The predicted octanol–water partition coefficient (Wildman–Crippen LogP) is 7.73. The fraction of sp³-hybridized carbons (Fsp3) is 0.259. The first-order valence-corrected chi connectivity index (χ1v) is 12.2. The molecule has 4 aromatic rings. The summed E-state index contributed by atoms with van der Waals surface area (Å²) in [4.78, 5) is 19.4. The Morgan fingerprint density at radius 2 is 1.77 bits per heavy atom. The highest BCUT2D eigenvalue weighted by Gasteiger charge is 2.34. The fourth-order valence-electron chi connectivity index (χ4n) is 3.69. The Morgan fingerprint density at radius 1 is 1.00 bits per heavy atom. The van der Waals surface area contributed by atoms with E-state index in [-0.39, 0.29) is 23.1 Å². The second kappa shape index (κ2) is 10.9. The second-order valence-corrected chi connectivity index (χ2v) is 9.12. The first-order valence-electron chi connectivity index (χ1n) is 11.4. The topological polar surface area (TPSA) is 42.4 Å². The molecule has 0 saturated heterocycles. The van der Waals surface area contributed by atoms with Gasteiger partial charge < -0.3 is 4.74 Å². The predicted molar refractivity (Wildman–Crippen MR) is 133 cm³/mol. The van der Waals surface area contributed by atoms with E-state index < -0.39 is 11.7 Å². The summed E-state index contributed by atoms with van der Waals surface area (Å²) in [5.41, 5.74) is 0.248. The van der Waals surface area contributed by atoms with Crippen LogP contribution in [-0.4, -0.2) is 17.5 Å². The van der Waals surface area contributed by atoms with Gasteiger partial charge >= 0.3 is 6.18 Å². The van der Waals surface area contributed by atoms with E-state index in [1.807, 2.05) is 30.3 Å². The number of nitrogens with zero attached hydrogens (tertiary/aromatic N) is 2. The quantitative estimate of drug-likeness (QED) is 0.222. The van der Waals surface area contributed by atoms with E-state index in [0.29, 0.717) is 22.6 Å². The van der Waals surface area contributed by atoms with Crippen LogP contribution in [0.1, 0.15) is 47.7 Å². The van der Waals surface area contributed by atoms with Crippen molar-refractivity contribution < 1.29 is 22.7 Å². The first kappa shape index (κ1) is 24.7. The van der Waals surface area contributed by atoms with Gasteiger partial charge in [-0.2, -0.15) is 13.2 Å². The Kier molecular flexibility index (Phi) is 7.70. The van der Waals surface area contributed by atoms with E-state index in [9.17, 15) is 18.0 Å². The van der Waals surface area contributed by atoms with Gasteiger partial charge in [0.2, 0.25) is 0 Å². The third-order valence-corrected chi connectivity index (χ3v) is 6.51. The van der Waals surface area contributed by atoms with E-state index in [4.69, 9.17) is 4.74 Å². The number of carbonyl (C=O) groups excluding carboxylic acids is 1. The van der Waals surface area contributed by atoms with Gasteiger partial charge in [0.1, 0.15) is 5.75 Å². The fourth-order valence-corrected chi connectivity index (χ4v) is 4.68. The van der Waals surface area contributed by atoms with Gasteiger partial charge in [-0.15, -0.1) is 0 Å². The van der Waals surface area contributed by atoms with Gasteiger partial charge in [0, 0.05) is 5.56 Å².